The van der Waals surface area contributed by atoms with Gasteiger partial charge >= 0.3 is 0 Å². The Morgan fingerprint density at radius 1 is 1.16 bits per heavy atom. The standard InChI is InChI=1S/C24H41N3O5/c1-5-6-9-12-26-21(30)19-24-15-16(2)23(3,32-24)17(20(29)25-4)18(24)22(31)27(19)13-10-7-8-11-14-28/h16-19,28H,5-15H2,1-4H3,(H,25,29)(H,26,30)/t16?,17-,18+,19?,23+,24?/m1/s1. The van der Waals surface area contributed by atoms with Crippen LogP contribution in [0.25, 0.3) is 0 Å². The summed E-state index contributed by atoms with van der Waals surface area (Å²) in [6, 6.07) is -0.710. The fourth-order valence-corrected chi connectivity index (χ4v) is 6.27. The average Bonchev–Trinajstić information content (AvgIpc) is 3.27. The first-order chi connectivity index (χ1) is 15.3. The van der Waals surface area contributed by atoms with Gasteiger partial charge in [0.25, 0.3) is 0 Å². The summed E-state index contributed by atoms with van der Waals surface area (Å²) in [4.78, 5) is 41.8. The first-order valence-corrected chi connectivity index (χ1v) is 12.4. The fraction of sp³-hybridized carbons (Fsp3) is 0.875. The maximum Gasteiger partial charge on any atom is 0.245 e. The SMILES string of the molecule is CCCCCNC(=O)C1N(CCCCCCO)C(=O)[C@@H]2[C@H](C(=O)NC)[C@@]3(C)OC12CC3C. The predicted octanol–water partition coefficient (Wildman–Crippen LogP) is 1.60. The maximum absolute atomic E-state index is 13.7. The molecule has 3 unspecified atom stereocenters. The Kier molecular flexibility index (Phi) is 7.86. The summed E-state index contributed by atoms with van der Waals surface area (Å²) >= 11 is 0. The van der Waals surface area contributed by atoms with Crippen molar-refractivity contribution in [1.29, 1.82) is 0 Å². The molecule has 0 aromatic heterocycles. The number of carbonyl (C=O) groups is 3. The second-order valence-electron chi connectivity index (χ2n) is 9.99. The fourth-order valence-electron chi connectivity index (χ4n) is 6.27. The lowest BCUT2D eigenvalue weighted by atomic mass is 9.62. The highest BCUT2D eigenvalue weighted by atomic mass is 16.5. The number of hydrogen-bond donors (Lipinski definition) is 3. The summed E-state index contributed by atoms with van der Waals surface area (Å²) in [7, 11) is 1.59. The highest BCUT2D eigenvalue weighted by Crippen LogP contribution is 2.65. The molecule has 182 valence electrons. The van der Waals surface area contributed by atoms with Gasteiger partial charge in [0, 0.05) is 26.7 Å². The van der Waals surface area contributed by atoms with E-state index in [-0.39, 0.29) is 30.2 Å². The Hall–Kier alpha value is -1.67. The number of aliphatic hydroxyl groups is 1. The van der Waals surface area contributed by atoms with Gasteiger partial charge in [-0.05, 0) is 38.5 Å². The molecule has 0 saturated carbocycles. The molecule has 3 heterocycles. The molecule has 6 atom stereocenters. The molecule has 2 bridgehead atoms. The maximum atomic E-state index is 13.7. The van der Waals surface area contributed by atoms with Crippen molar-refractivity contribution < 1.29 is 24.2 Å². The minimum atomic E-state index is -0.956. The van der Waals surface area contributed by atoms with Gasteiger partial charge in [0.15, 0.2) is 0 Å². The Morgan fingerprint density at radius 3 is 2.53 bits per heavy atom. The molecule has 0 radical (unpaired) electrons. The molecule has 0 aromatic carbocycles. The monoisotopic (exact) mass is 451 g/mol. The third kappa shape index (κ3) is 4.04. The molecule has 3 N–H and O–H groups in total. The molecule has 3 saturated heterocycles. The van der Waals surface area contributed by atoms with Crippen LogP contribution >= 0.6 is 0 Å². The van der Waals surface area contributed by atoms with Gasteiger partial charge in [0.2, 0.25) is 17.7 Å². The van der Waals surface area contributed by atoms with Gasteiger partial charge in [-0.25, -0.2) is 0 Å². The van der Waals surface area contributed by atoms with Crippen LogP contribution in [0.4, 0.5) is 0 Å². The summed E-state index contributed by atoms with van der Waals surface area (Å²) in [5, 5.41) is 14.8. The minimum Gasteiger partial charge on any atom is -0.396 e. The quantitative estimate of drug-likeness (QED) is 0.391. The number of unbranched alkanes of at least 4 members (excludes halogenated alkanes) is 5. The van der Waals surface area contributed by atoms with Crippen LogP contribution in [0.2, 0.25) is 0 Å². The van der Waals surface area contributed by atoms with E-state index < -0.39 is 29.1 Å². The molecule has 1 spiro atoms. The summed E-state index contributed by atoms with van der Waals surface area (Å²) in [6.07, 6.45) is 6.85. The lowest BCUT2D eigenvalue weighted by Gasteiger charge is -2.36. The third-order valence-electron chi connectivity index (χ3n) is 7.98. The lowest BCUT2D eigenvalue weighted by Crippen LogP contribution is -2.56. The zero-order valence-electron chi connectivity index (χ0n) is 20.1. The largest absolute Gasteiger partial charge is 0.396 e. The van der Waals surface area contributed by atoms with Gasteiger partial charge in [-0.1, -0.05) is 39.5 Å². The van der Waals surface area contributed by atoms with Crippen LogP contribution in [-0.2, 0) is 19.1 Å². The number of hydrogen-bond acceptors (Lipinski definition) is 5. The number of amides is 3. The van der Waals surface area contributed by atoms with E-state index in [0.29, 0.717) is 19.5 Å². The first-order valence-electron chi connectivity index (χ1n) is 12.4. The van der Waals surface area contributed by atoms with Gasteiger partial charge < -0.3 is 25.4 Å². The average molecular weight is 452 g/mol. The van der Waals surface area contributed by atoms with Crippen molar-refractivity contribution >= 4 is 17.7 Å². The van der Waals surface area contributed by atoms with Crippen molar-refractivity contribution in [2.24, 2.45) is 17.8 Å². The Morgan fingerprint density at radius 2 is 1.88 bits per heavy atom. The summed E-state index contributed by atoms with van der Waals surface area (Å²) in [5.41, 5.74) is -1.71. The number of nitrogens with zero attached hydrogens (tertiary/aromatic N) is 1. The number of fused-ring (bicyclic) bond motifs is 1. The van der Waals surface area contributed by atoms with Crippen LogP contribution in [0.15, 0.2) is 0 Å². The van der Waals surface area contributed by atoms with Gasteiger partial charge in [-0.15, -0.1) is 0 Å². The van der Waals surface area contributed by atoms with E-state index in [1.54, 1.807) is 11.9 Å². The number of rotatable bonds is 12. The smallest absolute Gasteiger partial charge is 0.245 e. The van der Waals surface area contributed by atoms with Gasteiger partial charge in [0.1, 0.15) is 11.6 Å². The van der Waals surface area contributed by atoms with Crippen molar-refractivity contribution in [2.45, 2.75) is 89.4 Å². The van der Waals surface area contributed by atoms with Gasteiger partial charge in [-0.3, -0.25) is 14.4 Å². The second kappa shape index (κ2) is 10.1. The zero-order valence-corrected chi connectivity index (χ0v) is 20.1. The van der Waals surface area contributed by atoms with Crippen LogP contribution in [0, 0.1) is 17.8 Å². The van der Waals surface area contributed by atoms with Crippen molar-refractivity contribution in [3.05, 3.63) is 0 Å². The Balaban J connectivity index is 1.88. The van der Waals surface area contributed by atoms with E-state index in [0.717, 1.165) is 44.9 Å². The third-order valence-corrected chi connectivity index (χ3v) is 7.98. The number of ether oxygens (including phenoxy) is 1. The summed E-state index contributed by atoms with van der Waals surface area (Å²) in [6.45, 7) is 7.30. The first kappa shape index (κ1) is 25.0. The molecule has 3 aliphatic rings. The highest BCUT2D eigenvalue weighted by molar-refractivity contribution is 5.99. The van der Waals surface area contributed by atoms with Crippen molar-refractivity contribution in [3.63, 3.8) is 0 Å². The number of nitrogens with one attached hydrogen (secondary N) is 2. The van der Waals surface area contributed by atoms with E-state index in [1.807, 2.05) is 6.92 Å². The normalized spacial score (nSPS) is 35.3. The predicted molar refractivity (Wildman–Crippen MR) is 121 cm³/mol. The molecule has 32 heavy (non-hydrogen) atoms. The number of aliphatic hydroxyl groups excluding tert-OH is 1. The molecule has 3 aliphatic heterocycles. The van der Waals surface area contributed by atoms with Crippen molar-refractivity contribution in [3.8, 4) is 0 Å². The molecular weight excluding hydrogens is 410 g/mol. The van der Waals surface area contributed by atoms with E-state index in [1.165, 1.54) is 0 Å². The topological polar surface area (TPSA) is 108 Å². The minimum absolute atomic E-state index is 0.0637. The molecule has 3 amide bonds. The number of carbonyl (C=O) groups excluding carboxylic acids is 3. The molecule has 0 aromatic rings. The Labute approximate surface area is 191 Å². The molecule has 8 heteroatoms. The van der Waals surface area contributed by atoms with Gasteiger partial charge in [0.05, 0.1) is 17.4 Å². The summed E-state index contributed by atoms with van der Waals surface area (Å²) in [5.74, 6) is -1.66. The highest BCUT2D eigenvalue weighted by Gasteiger charge is 2.79. The molecular formula is C24H41N3O5. The zero-order chi connectivity index (χ0) is 23.5. The molecule has 3 fully saturated rings. The Bertz CT molecular complexity index is 716. The second-order valence-corrected chi connectivity index (χ2v) is 9.99. The molecule has 3 rings (SSSR count). The van der Waals surface area contributed by atoms with Crippen molar-refractivity contribution in [1.82, 2.24) is 15.5 Å². The summed E-state index contributed by atoms with van der Waals surface area (Å²) < 4.78 is 6.61. The van der Waals surface area contributed by atoms with Crippen molar-refractivity contribution in [2.75, 3.05) is 26.7 Å². The molecule has 0 aliphatic carbocycles. The van der Waals surface area contributed by atoms with E-state index in [2.05, 4.69) is 24.5 Å². The van der Waals surface area contributed by atoms with Crippen LogP contribution in [0.3, 0.4) is 0 Å². The van der Waals surface area contributed by atoms with Gasteiger partial charge in [-0.2, -0.15) is 0 Å². The molecule has 8 nitrogen and oxygen atoms in total. The van der Waals surface area contributed by atoms with Crippen LogP contribution < -0.4 is 10.6 Å². The van der Waals surface area contributed by atoms with E-state index >= 15 is 0 Å². The number of likely N-dealkylation sites (tertiary alicyclic amines) is 1. The van der Waals surface area contributed by atoms with E-state index in [9.17, 15) is 14.4 Å². The van der Waals surface area contributed by atoms with Crippen LogP contribution in [0.5, 0.6) is 0 Å². The lowest BCUT2D eigenvalue weighted by molar-refractivity contribution is -0.147. The van der Waals surface area contributed by atoms with E-state index in [4.69, 9.17) is 9.84 Å². The van der Waals surface area contributed by atoms with Crippen LogP contribution in [-0.4, -0.2) is 71.7 Å². The van der Waals surface area contributed by atoms with Crippen LogP contribution in [0.1, 0.15) is 72.1 Å².